The number of piperidine rings is 1. The predicted octanol–water partition coefficient (Wildman–Crippen LogP) is 1.99. The topological polar surface area (TPSA) is 81.0 Å². The van der Waals surface area contributed by atoms with E-state index in [1.165, 1.54) is 5.56 Å². The summed E-state index contributed by atoms with van der Waals surface area (Å²) in [5.41, 5.74) is 2.21. The second kappa shape index (κ2) is 7.89. The van der Waals surface area contributed by atoms with E-state index < -0.39 is 0 Å². The molecular weight excluding hydrogens is 340 g/mol. The molecule has 6 nitrogen and oxygen atoms in total. The molecule has 0 unspecified atom stereocenters. The zero-order valence-corrected chi connectivity index (χ0v) is 15.0. The molecule has 0 radical (unpaired) electrons. The van der Waals surface area contributed by atoms with Crippen LogP contribution in [0.3, 0.4) is 0 Å². The highest BCUT2D eigenvalue weighted by molar-refractivity contribution is 6.30. The molecule has 7 heteroatoms. The van der Waals surface area contributed by atoms with Crippen molar-refractivity contribution < 1.29 is 4.79 Å². The van der Waals surface area contributed by atoms with Crippen molar-refractivity contribution in [3.05, 3.63) is 56.5 Å². The maximum Gasteiger partial charge on any atom is 0.267 e. The van der Waals surface area contributed by atoms with Gasteiger partial charge in [0.25, 0.3) is 5.56 Å². The number of aromatic amines is 2. The number of aromatic nitrogens is 2. The molecule has 1 saturated heterocycles. The van der Waals surface area contributed by atoms with Crippen LogP contribution >= 0.6 is 11.6 Å². The van der Waals surface area contributed by atoms with Gasteiger partial charge in [0.1, 0.15) is 0 Å². The molecule has 1 aliphatic rings. The number of nitrogens with zero attached hydrogens (tertiary/aromatic N) is 1. The standard InChI is InChI=1S/C18H23ClN4O2/c1-12-16(18(25)22-21-12)9-17(24)20-15-3-2-8-23(11-15)10-13-4-6-14(19)7-5-13/h4-7,15H,2-3,8-11H2,1H3,(H,20,24)(H2,21,22,25)/t15-/m1/s1. The number of H-pyrrole nitrogens is 2. The molecule has 0 bridgehead atoms. The highest BCUT2D eigenvalue weighted by Crippen LogP contribution is 2.16. The van der Waals surface area contributed by atoms with E-state index in [0.717, 1.165) is 37.5 Å². The average molecular weight is 363 g/mol. The Hall–Kier alpha value is -2.05. The Labute approximate surface area is 151 Å². The summed E-state index contributed by atoms with van der Waals surface area (Å²) in [4.78, 5) is 26.3. The number of halogens is 1. The number of carbonyl (C=O) groups excluding carboxylic acids is 1. The molecule has 3 rings (SSSR count). The summed E-state index contributed by atoms with van der Waals surface area (Å²) in [6.45, 7) is 4.47. The summed E-state index contributed by atoms with van der Waals surface area (Å²) in [5, 5.41) is 9.06. The summed E-state index contributed by atoms with van der Waals surface area (Å²) in [7, 11) is 0. The summed E-state index contributed by atoms with van der Waals surface area (Å²) in [6, 6.07) is 7.98. The van der Waals surface area contributed by atoms with Gasteiger partial charge in [0, 0.05) is 35.4 Å². The largest absolute Gasteiger partial charge is 0.352 e. The van der Waals surface area contributed by atoms with Gasteiger partial charge in [-0.3, -0.25) is 19.6 Å². The number of nitrogens with one attached hydrogen (secondary N) is 3. The monoisotopic (exact) mass is 362 g/mol. The molecule has 2 heterocycles. The quantitative estimate of drug-likeness (QED) is 0.760. The van der Waals surface area contributed by atoms with Crippen LogP contribution in [0, 0.1) is 6.92 Å². The number of rotatable bonds is 5. The Bertz CT molecular complexity index is 781. The Balaban J connectivity index is 1.53. The van der Waals surface area contributed by atoms with Crippen molar-refractivity contribution >= 4 is 17.5 Å². The second-order valence-corrected chi connectivity index (χ2v) is 7.06. The van der Waals surface area contributed by atoms with Crippen molar-refractivity contribution in [1.29, 1.82) is 0 Å². The van der Waals surface area contributed by atoms with Crippen LogP contribution in [0.4, 0.5) is 0 Å². The van der Waals surface area contributed by atoms with Crippen LogP contribution in [0.2, 0.25) is 5.02 Å². The van der Waals surface area contributed by atoms with Crippen LogP contribution in [-0.2, 0) is 17.8 Å². The molecule has 1 aliphatic heterocycles. The van der Waals surface area contributed by atoms with Gasteiger partial charge < -0.3 is 10.4 Å². The number of amides is 1. The van der Waals surface area contributed by atoms with Gasteiger partial charge in [0.05, 0.1) is 6.42 Å². The van der Waals surface area contributed by atoms with E-state index in [2.05, 4.69) is 20.4 Å². The van der Waals surface area contributed by atoms with Crippen molar-refractivity contribution in [1.82, 2.24) is 20.4 Å². The van der Waals surface area contributed by atoms with Crippen LogP contribution in [0.15, 0.2) is 29.1 Å². The van der Waals surface area contributed by atoms with E-state index in [-0.39, 0.29) is 23.9 Å². The first-order chi connectivity index (χ1) is 12.0. The number of aryl methyl sites for hydroxylation is 1. The third kappa shape index (κ3) is 4.74. The minimum absolute atomic E-state index is 0.105. The smallest absolute Gasteiger partial charge is 0.267 e. The fourth-order valence-corrected chi connectivity index (χ4v) is 3.41. The van der Waals surface area contributed by atoms with E-state index in [4.69, 9.17) is 11.6 Å². The van der Waals surface area contributed by atoms with Crippen molar-refractivity contribution in [2.24, 2.45) is 0 Å². The van der Waals surface area contributed by atoms with Crippen LogP contribution in [0.25, 0.3) is 0 Å². The Kier molecular flexibility index (Phi) is 5.60. The number of benzene rings is 1. The summed E-state index contributed by atoms with van der Waals surface area (Å²) < 4.78 is 0. The lowest BCUT2D eigenvalue weighted by Crippen LogP contribution is -2.47. The summed E-state index contributed by atoms with van der Waals surface area (Å²) >= 11 is 5.93. The molecule has 2 aromatic rings. The van der Waals surface area contributed by atoms with Gasteiger partial charge in [-0.05, 0) is 44.0 Å². The van der Waals surface area contributed by atoms with Crippen LogP contribution in [0.5, 0.6) is 0 Å². The highest BCUT2D eigenvalue weighted by Gasteiger charge is 2.22. The molecular formula is C18H23ClN4O2. The van der Waals surface area contributed by atoms with E-state index in [0.29, 0.717) is 11.3 Å². The third-order valence-electron chi connectivity index (χ3n) is 4.62. The number of carbonyl (C=O) groups is 1. The molecule has 1 aromatic heterocycles. The first kappa shape index (κ1) is 17.8. The average Bonchev–Trinajstić information content (AvgIpc) is 2.89. The highest BCUT2D eigenvalue weighted by atomic mass is 35.5. The van der Waals surface area contributed by atoms with Crippen LogP contribution in [-0.4, -0.2) is 40.1 Å². The Morgan fingerprint density at radius 1 is 1.32 bits per heavy atom. The van der Waals surface area contributed by atoms with Crippen molar-refractivity contribution in [2.75, 3.05) is 13.1 Å². The zero-order valence-electron chi connectivity index (χ0n) is 14.3. The van der Waals surface area contributed by atoms with Gasteiger partial charge in [0.15, 0.2) is 0 Å². The van der Waals surface area contributed by atoms with Gasteiger partial charge in [-0.2, -0.15) is 0 Å². The van der Waals surface area contributed by atoms with E-state index in [9.17, 15) is 9.59 Å². The van der Waals surface area contributed by atoms with Gasteiger partial charge in [-0.15, -0.1) is 0 Å². The number of hydrogen-bond donors (Lipinski definition) is 3. The van der Waals surface area contributed by atoms with Crippen LogP contribution in [0.1, 0.15) is 29.7 Å². The number of likely N-dealkylation sites (tertiary alicyclic amines) is 1. The molecule has 1 amide bonds. The third-order valence-corrected chi connectivity index (χ3v) is 4.87. The lowest BCUT2D eigenvalue weighted by Gasteiger charge is -2.33. The molecule has 1 atom stereocenters. The van der Waals surface area contributed by atoms with Gasteiger partial charge in [-0.1, -0.05) is 23.7 Å². The SMILES string of the molecule is Cc1[nH][nH]c(=O)c1CC(=O)N[C@@H]1CCCN(Cc2ccc(Cl)cc2)C1. The lowest BCUT2D eigenvalue weighted by atomic mass is 10.0. The minimum atomic E-state index is -0.222. The fourth-order valence-electron chi connectivity index (χ4n) is 3.29. The van der Waals surface area contributed by atoms with Crippen LogP contribution < -0.4 is 10.9 Å². The second-order valence-electron chi connectivity index (χ2n) is 6.63. The maximum atomic E-state index is 12.3. The number of hydrogen-bond acceptors (Lipinski definition) is 3. The molecule has 25 heavy (non-hydrogen) atoms. The molecule has 0 saturated carbocycles. The normalized spacial score (nSPS) is 18.2. The Morgan fingerprint density at radius 2 is 2.08 bits per heavy atom. The molecule has 134 valence electrons. The van der Waals surface area contributed by atoms with Gasteiger partial charge >= 0.3 is 0 Å². The summed E-state index contributed by atoms with van der Waals surface area (Å²) in [6.07, 6.45) is 2.12. The van der Waals surface area contributed by atoms with Gasteiger partial charge in [-0.25, -0.2) is 0 Å². The van der Waals surface area contributed by atoms with E-state index in [1.807, 2.05) is 24.3 Å². The van der Waals surface area contributed by atoms with Crippen molar-refractivity contribution in [3.63, 3.8) is 0 Å². The lowest BCUT2D eigenvalue weighted by molar-refractivity contribution is -0.121. The molecule has 0 spiro atoms. The Morgan fingerprint density at radius 3 is 2.76 bits per heavy atom. The molecule has 1 aromatic carbocycles. The summed E-state index contributed by atoms with van der Waals surface area (Å²) in [5.74, 6) is -0.105. The first-order valence-corrected chi connectivity index (χ1v) is 8.91. The molecule has 3 N–H and O–H groups in total. The molecule has 0 aliphatic carbocycles. The van der Waals surface area contributed by atoms with Crippen molar-refractivity contribution in [3.8, 4) is 0 Å². The predicted molar refractivity (Wildman–Crippen MR) is 97.7 cm³/mol. The first-order valence-electron chi connectivity index (χ1n) is 8.53. The van der Waals surface area contributed by atoms with Crippen molar-refractivity contribution in [2.45, 2.75) is 38.8 Å². The fraction of sp³-hybridized carbons (Fsp3) is 0.444. The zero-order chi connectivity index (χ0) is 17.8. The van der Waals surface area contributed by atoms with E-state index in [1.54, 1.807) is 6.92 Å². The maximum absolute atomic E-state index is 12.3. The van der Waals surface area contributed by atoms with Gasteiger partial charge in [0.2, 0.25) is 5.91 Å². The van der Waals surface area contributed by atoms with E-state index >= 15 is 0 Å². The molecule has 1 fully saturated rings. The minimum Gasteiger partial charge on any atom is -0.352 e.